The summed E-state index contributed by atoms with van der Waals surface area (Å²) >= 11 is 7.27. The number of hydrogen-bond donors (Lipinski definition) is 1. The number of carbonyl (C=O) groups is 1. The van der Waals surface area contributed by atoms with Gasteiger partial charge in [-0.3, -0.25) is 0 Å². The van der Waals surface area contributed by atoms with Crippen LogP contribution in [-0.2, 0) is 17.6 Å². The van der Waals surface area contributed by atoms with Crippen LogP contribution in [0.15, 0.2) is 0 Å². The number of piperidine rings is 1. The van der Waals surface area contributed by atoms with Crippen molar-refractivity contribution in [2.24, 2.45) is 5.92 Å². The number of methoxy groups -OCH3 is 1. The van der Waals surface area contributed by atoms with Crippen LogP contribution in [0.3, 0.4) is 0 Å². The summed E-state index contributed by atoms with van der Waals surface area (Å²) in [4.78, 5) is 15.8. The van der Waals surface area contributed by atoms with E-state index < -0.39 is 0 Å². The number of esters is 1. The minimum absolute atomic E-state index is 0.248. The van der Waals surface area contributed by atoms with Gasteiger partial charge in [-0.25, -0.2) is 4.79 Å². The van der Waals surface area contributed by atoms with E-state index >= 15 is 0 Å². The third-order valence-corrected chi connectivity index (χ3v) is 6.29. The molecule has 0 spiro atoms. The summed E-state index contributed by atoms with van der Waals surface area (Å²) < 4.78 is 5.02. The molecule has 1 aliphatic heterocycles. The lowest BCUT2D eigenvalue weighted by Crippen LogP contribution is -2.41. The van der Waals surface area contributed by atoms with E-state index in [0.29, 0.717) is 11.5 Å². The molecular formula is C17H24N2O2S2. The zero-order valence-electron chi connectivity index (χ0n) is 13.8. The van der Waals surface area contributed by atoms with Crippen LogP contribution in [0, 0.1) is 5.92 Å². The molecule has 1 saturated heterocycles. The van der Waals surface area contributed by atoms with Gasteiger partial charge in [-0.1, -0.05) is 6.92 Å². The van der Waals surface area contributed by atoms with Crippen LogP contribution in [-0.4, -0.2) is 36.2 Å². The lowest BCUT2D eigenvalue weighted by molar-refractivity contribution is 0.0601. The highest BCUT2D eigenvalue weighted by Gasteiger charge is 2.27. The molecule has 2 aliphatic rings. The van der Waals surface area contributed by atoms with Crippen molar-refractivity contribution in [1.82, 2.24) is 4.90 Å². The normalized spacial score (nSPS) is 20.8. The number of thiophene rings is 1. The number of nitrogens with one attached hydrogen (secondary N) is 1. The van der Waals surface area contributed by atoms with Gasteiger partial charge >= 0.3 is 5.97 Å². The van der Waals surface area contributed by atoms with E-state index in [2.05, 4.69) is 17.1 Å². The second-order valence-electron chi connectivity index (χ2n) is 6.53. The van der Waals surface area contributed by atoms with Crippen molar-refractivity contribution in [2.45, 2.75) is 45.4 Å². The first-order valence-electron chi connectivity index (χ1n) is 8.39. The minimum atomic E-state index is -0.248. The molecule has 1 unspecified atom stereocenters. The molecule has 0 amide bonds. The second kappa shape index (κ2) is 7.18. The van der Waals surface area contributed by atoms with E-state index in [1.807, 2.05) is 0 Å². The molecule has 0 bridgehead atoms. The van der Waals surface area contributed by atoms with Gasteiger partial charge in [-0.15, -0.1) is 11.3 Å². The Balaban J connectivity index is 1.83. The Morgan fingerprint density at radius 1 is 1.35 bits per heavy atom. The number of ether oxygens (including phenoxy) is 1. The van der Waals surface area contributed by atoms with Gasteiger partial charge in [0.1, 0.15) is 5.00 Å². The number of nitrogens with zero attached hydrogens (tertiary/aromatic N) is 1. The molecule has 1 N–H and O–H groups in total. The number of likely N-dealkylation sites (tertiary alicyclic amines) is 1. The Labute approximate surface area is 147 Å². The van der Waals surface area contributed by atoms with Crippen LogP contribution in [0.1, 0.15) is 53.4 Å². The Morgan fingerprint density at radius 2 is 2.13 bits per heavy atom. The first kappa shape index (κ1) is 16.7. The number of fused-ring (bicyclic) bond motifs is 1. The van der Waals surface area contributed by atoms with Crippen LogP contribution in [0.2, 0.25) is 0 Å². The van der Waals surface area contributed by atoms with Crippen molar-refractivity contribution in [3.05, 3.63) is 16.0 Å². The molecule has 3 rings (SSSR count). The largest absolute Gasteiger partial charge is 0.465 e. The molecule has 0 radical (unpaired) electrons. The van der Waals surface area contributed by atoms with E-state index in [1.165, 1.54) is 36.8 Å². The molecule has 1 aliphatic carbocycles. The summed E-state index contributed by atoms with van der Waals surface area (Å²) in [5.41, 5.74) is 1.88. The summed E-state index contributed by atoms with van der Waals surface area (Å²) in [6.07, 6.45) is 6.79. The summed E-state index contributed by atoms with van der Waals surface area (Å²) in [5, 5.41) is 4.95. The zero-order valence-corrected chi connectivity index (χ0v) is 15.4. The molecule has 23 heavy (non-hydrogen) atoms. The Bertz CT molecular complexity index is 612. The molecule has 126 valence electrons. The van der Waals surface area contributed by atoms with E-state index in [0.717, 1.165) is 42.5 Å². The van der Waals surface area contributed by atoms with Gasteiger partial charge in [0, 0.05) is 18.0 Å². The fourth-order valence-corrected chi connectivity index (χ4v) is 5.13. The summed E-state index contributed by atoms with van der Waals surface area (Å²) in [6.45, 7) is 4.25. The van der Waals surface area contributed by atoms with Gasteiger partial charge in [0.25, 0.3) is 0 Å². The van der Waals surface area contributed by atoms with Crippen LogP contribution < -0.4 is 5.32 Å². The molecule has 1 atom stereocenters. The molecular weight excluding hydrogens is 328 g/mol. The predicted octanol–water partition coefficient (Wildman–Crippen LogP) is 3.84. The quantitative estimate of drug-likeness (QED) is 0.647. The van der Waals surface area contributed by atoms with Gasteiger partial charge in [-0.05, 0) is 62.2 Å². The van der Waals surface area contributed by atoms with Crippen molar-refractivity contribution < 1.29 is 9.53 Å². The number of aryl methyl sites for hydroxylation is 1. The number of rotatable bonds is 2. The Hall–Kier alpha value is -1.14. The first-order chi connectivity index (χ1) is 11.1. The van der Waals surface area contributed by atoms with Gasteiger partial charge < -0.3 is 15.0 Å². The summed E-state index contributed by atoms with van der Waals surface area (Å²) in [7, 11) is 1.45. The first-order valence-corrected chi connectivity index (χ1v) is 9.61. The number of carbonyl (C=O) groups excluding carboxylic acids is 1. The summed E-state index contributed by atoms with van der Waals surface area (Å²) in [6, 6.07) is 0. The molecule has 0 saturated carbocycles. The van der Waals surface area contributed by atoms with Crippen molar-refractivity contribution >= 4 is 39.6 Å². The third-order valence-electron chi connectivity index (χ3n) is 4.73. The molecule has 4 nitrogen and oxygen atoms in total. The average Bonchev–Trinajstić information content (AvgIpc) is 2.92. The van der Waals surface area contributed by atoms with Crippen LogP contribution >= 0.6 is 23.6 Å². The van der Waals surface area contributed by atoms with Gasteiger partial charge in [0.15, 0.2) is 5.11 Å². The fourth-order valence-electron chi connectivity index (χ4n) is 3.52. The number of anilines is 1. The monoisotopic (exact) mass is 352 g/mol. The Morgan fingerprint density at radius 3 is 2.87 bits per heavy atom. The molecule has 1 aromatic rings. The highest BCUT2D eigenvalue weighted by atomic mass is 32.1. The van der Waals surface area contributed by atoms with Crippen LogP contribution in [0.25, 0.3) is 0 Å². The van der Waals surface area contributed by atoms with Gasteiger partial charge in [-0.2, -0.15) is 0 Å². The molecule has 1 fully saturated rings. The fraction of sp³-hybridized carbons (Fsp3) is 0.647. The topological polar surface area (TPSA) is 41.6 Å². The smallest absolute Gasteiger partial charge is 0.341 e. The summed E-state index contributed by atoms with van der Waals surface area (Å²) in [5.74, 6) is 0.418. The lowest BCUT2D eigenvalue weighted by atomic mass is 9.95. The van der Waals surface area contributed by atoms with Gasteiger partial charge in [0.2, 0.25) is 0 Å². The predicted molar refractivity (Wildman–Crippen MR) is 98.5 cm³/mol. The van der Waals surface area contributed by atoms with Crippen molar-refractivity contribution in [1.29, 1.82) is 0 Å². The highest BCUT2D eigenvalue weighted by molar-refractivity contribution is 7.80. The van der Waals surface area contributed by atoms with Crippen LogP contribution in [0.5, 0.6) is 0 Å². The highest BCUT2D eigenvalue weighted by Crippen LogP contribution is 2.38. The van der Waals surface area contributed by atoms with E-state index in [9.17, 15) is 4.79 Å². The van der Waals surface area contributed by atoms with Crippen molar-refractivity contribution in [2.75, 3.05) is 25.5 Å². The second-order valence-corrected chi connectivity index (χ2v) is 8.02. The van der Waals surface area contributed by atoms with Crippen molar-refractivity contribution in [3.8, 4) is 0 Å². The minimum Gasteiger partial charge on any atom is -0.465 e. The van der Waals surface area contributed by atoms with E-state index in [4.69, 9.17) is 17.0 Å². The SMILES string of the molecule is COC(=O)c1c(NC(=S)N2CCCC(C)C2)sc2c1CCCC2. The standard InChI is InChI=1S/C17H24N2O2S2/c1-11-6-5-9-19(10-11)17(22)18-15-14(16(20)21-2)12-7-3-4-8-13(12)23-15/h11H,3-10H2,1-2H3,(H,18,22). The average molecular weight is 353 g/mol. The molecule has 1 aromatic heterocycles. The number of thiocarbonyl (C=S) groups is 1. The van der Waals surface area contributed by atoms with Crippen molar-refractivity contribution in [3.63, 3.8) is 0 Å². The molecule has 6 heteroatoms. The maximum atomic E-state index is 12.3. The third kappa shape index (κ3) is 3.53. The lowest BCUT2D eigenvalue weighted by Gasteiger charge is -2.33. The maximum Gasteiger partial charge on any atom is 0.341 e. The molecule has 0 aromatic carbocycles. The van der Waals surface area contributed by atoms with E-state index in [1.54, 1.807) is 11.3 Å². The molecule has 2 heterocycles. The van der Waals surface area contributed by atoms with E-state index in [-0.39, 0.29) is 5.97 Å². The zero-order chi connectivity index (χ0) is 16.4. The Kier molecular flexibility index (Phi) is 5.21. The van der Waals surface area contributed by atoms with Crippen LogP contribution in [0.4, 0.5) is 5.00 Å². The van der Waals surface area contributed by atoms with Gasteiger partial charge in [0.05, 0.1) is 12.7 Å². The number of hydrogen-bond acceptors (Lipinski definition) is 4. The maximum absolute atomic E-state index is 12.3.